The first-order valence-corrected chi connectivity index (χ1v) is 24.1. The minimum Gasteiger partial charge on any atom is -0.493 e. The lowest BCUT2D eigenvalue weighted by Crippen LogP contribution is -2.54. The summed E-state index contributed by atoms with van der Waals surface area (Å²) in [5.74, 6) is -2.82. The highest BCUT2D eigenvalue weighted by Crippen LogP contribution is 2.39. The van der Waals surface area contributed by atoms with E-state index in [4.69, 9.17) is 9.47 Å². The van der Waals surface area contributed by atoms with Crippen molar-refractivity contribution in [1.82, 2.24) is 15.1 Å². The van der Waals surface area contributed by atoms with Gasteiger partial charge in [-0.15, -0.1) is 0 Å². The Kier molecular flexibility index (Phi) is 14.2. The van der Waals surface area contributed by atoms with Crippen molar-refractivity contribution < 1.29 is 51.5 Å². The molecule has 4 heterocycles. The summed E-state index contributed by atoms with van der Waals surface area (Å²) in [5, 5.41) is 5.05. The molecule has 4 aliphatic rings. The normalized spacial score (nSPS) is 18.3. The second-order valence-corrected chi connectivity index (χ2v) is 19.2. The van der Waals surface area contributed by atoms with Gasteiger partial charge in [-0.05, 0) is 86.6 Å². The van der Waals surface area contributed by atoms with Crippen molar-refractivity contribution in [3.8, 4) is 11.5 Å². The van der Waals surface area contributed by atoms with Crippen LogP contribution in [-0.4, -0.2) is 104 Å². The van der Waals surface area contributed by atoms with Gasteiger partial charge in [-0.2, -0.15) is 0 Å². The molecule has 0 aliphatic carbocycles. The van der Waals surface area contributed by atoms with Gasteiger partial charge in [-0.3, -0.25) is 48.7 Å². The Bertz CT molecular complexity index is 2460. The zero-order valence-electron chi connectivity index (χ0n) is 36.5. The predicted molar refractivity (Wildman–Crippen MR) is 237 cm³/mol. The number of piperidine rings is 2. The molecule has 64 heavy (non-hydrogen) atoms. The smallest absolute Gasteiger partial charge is 0.264 e. The van der Waals surface area contributed by atoms with E-state index in [9.17, 15) is 42.0 Å². The molecular weight excluding hydrogens is 843 g/mol. The summed E-state index contributed by atoms with van der Waals surface area (Å²) in [5.41, 5.74) is 2.14. The summed E-state index contributed by atoms with van der Waals surface area (Å²) in [6, 6.07) is 12.6. The largest absolute Gasteiger partial charge is 0.493 e. The van der Waals surface area contributed by atoms with Crippen LogP contribution in [0.3, 0.4) is 0 Å². The highest BCUT2D eigenvalue weighted by molar-refractivity contribution is 7.90. The van der Waals surface area contributed by atoms with Gasteiger partial charge in [0.05, 0.1) is 53.5 Å². The fourth-order valence-corrected chi connectivity index (χ4v) is 10.2. The second-order valence-electron chi connectivity index (χ2n) is 17.0. The summed E-state index contributed by atoms with van der Waals surface area (Å²) >= 11 is 0. The zero-order chi connectivity index (χ0) is 45.7. The SMILES string of the molecule is CCOc1cc(C(CS(C)(=O)=O)N2C(=O)c3cccc(NC(=O)CCCCCCCCC4CCN(c5ccc6c(c5)C(=O)N(C5CCC(=O)NC5=O)C6=O)CC4)c3C2=O)ccc1OC. The number of benzene rings is 3. The molecule has 4 aliphatic heterocycles. The lowest BCUT2D eigenvalue weighted by Gasteiger charge is -2.34. The number of hydrogen-bond donors (Lipinski definition) is 2. The Morgan fingerprint density at radius 3 is 2.23 bits per heavy atom. The number of fused-ring (bicyclic) bond motifs is 2. The van der Waals surface area contributed by atoms with Crippen molar-refractivity contribution in [2.24, 2.45) is 5.92 Å². The molecule has 16 nitrogen and oxygen atoms in total. The van der Waals surface area contributed by atoms with E-state index in [2.05, 4.69) is 15.5 Å². The van der Waals surface area contributed by atoms with Crippen molar-refractivity contribution in [3.63, 3.8) is 0 Å². The van der Waals surface area contributed by atoms with Gasteiger partial charge in [-0.25, -0.2) is 8.42 Å². The third-order valence-corrected chi connectivity index (χ3v) is 13.5. The van der Waals surface area contributed by atoms with Crippen molar-refractivity contribution in [2.45, 2.75) is 96.1 Å². The van der Waals surface area contributed by atoms with Crippen LogP contribution in [0.2, 0.25) is 0 Å². The topological polar surface area (TPSA) is 206 Å². The van der Waals surface area contributed by atoms with Crippen LogP contribution in [0.4, 0.5) is 11.4 Å². The highest BCUT2D eigenvalue weighted by Gasteiger charge is 2.46. The summed E-state index contributed by atoms with van der Waals surface area (Å²) in [7, 11) is -2.20. The van der Waals surface area contributed by atoms with E-state index in [-0.39, 0.29) is 53.1 Å². The molecule has 340 valence electrons. The Morgan fingerprint density at radius 1 is 0.812 bits per heavy atom. The number of anilines is 2. The molecule has 2 saturated heterocycles. The van der Waals surface area contributed by atoms with Crippen LogP contribution in [0.5, 0.6) is 11.5 Å². The van der Waals surface area contributed by atoms with E-state index in [1.807, 2.05) is 6.07 Å². The molecule has 0 radical (unpaired) electrons. The average Bonchev–Trinajstić information content (AvgIpc) is 3.67. The summed E-state index contributed by atoms with van der Waals surface area (Å²) in [4.78, 5) is 95.4. The van der Waals surface area contributed by atoms with E-state index >= 15 is 0 Å². The number of imide groups is 3. The molecule has 0 spiro atoms. The van der Waals surface area contributed by atoms with Crippen LogP contribution < -0.4 is 25.0 Å². The van der Waals surface area contributed by atoms with Gasteiger partial charge < -0.3 is 19.7 Å². The number of carbonyl (C=O) groups excluding carboxylic acids is 7. The third kappa shape index (κ3) is 9.98. The number of nitrogens with one attached hydrogen (secondary N) is 2. The maximum atomic E-state index is 14.0. The van der Waals surface area contributed by atoms with E-state index in [0.717, 1.165) is 86.2 Å². The van der Waals surface area contributed by atoms with Crippen molar-refractivity contribution in [3.05, 3.63) is 82.4 Å². The van der Waals surface area contributed by atoms with Crippen molar-refractivity contribution >= 4 is 62.6 Å². The maximum Gasteiger partial charge on any atom is 0.264 e. The lowest BCUT2D eigenvalue weighted by atomic mass is 9.90. The van der Waals surface area contributed by atoms with Crippen LogP contribution in [-0.2, 0) is 24.2 Å². The monoisotopic (exact) mass is 897 g/mol. The molecule has 3 aromatic carbocycles. The molecular formula is C47H55N5O11S. The molecule has 0 aromatic heterocycles. The van der Waals surface area contributed by atoms with Gasteiger partial charge in [0.2, 0.25) is 17.7 Å². The Morgan fingerprint density at radius 2 is 1.53 bits per heavy atom. The zero-order valence-corrected chi connectivity index (χ0v) is 37.3. The van der Waals surface area contributed by atoms with Crippen molar-refractivity contribution in [2.75, 3.05) is 49.0 Å². The van der Waals surface area contributed by atoms with Gasteiger partial charge in [-0.1, -0.05) is 50.7 Å². The van der Waals surface area contributed by atoms with E-state index in [1.165, 1.54) is 13.2 Å². The molecule has 2 unspecified atom stereocenters. The number of amides is 7. The van der Waals surface area contributed by atoms with E-state index < -0.39 is 63.1 Å². The third-order valence-electron chi connectivity index (χ3n) is 12.5. The fraction of sp³-hybridized carbons (Fsp3) is 0.468. The number of unbranched alkanes of at least 4 members (excludes halogenated alkanes) is 5. The van der Waals surface area contributed by atoms with Crippen molar-refractivity contribution in [1.29, 1.82) is 0 Å². The second kappa shape index (κ2) is 19.7. The minimum atomic E-state index is -3.68. The first kappa shape index (κ1) is 45.9. The molecule has 3 aromatic rings. The number of sulfone groups is 1. The molecule has 17 heteroatoms. The molecule has 7 rings (SSSR count). The summed E-state index contributed by atoms with van der Waals surface area (Å²) in [6.07, 6.45) is 10.4. The minimum absolute atomic E-state index is 0.0288. The van der Waals surface area contributed by atoms with Crippen LogP contribution in [0.15, 0.2) is 54.6 Å². The average molecular weight is 898 g/mol. The van der Waals surface area contributed by atoms with Crippen LogP contribution in [0, 0.1) is 5.92 Å². The van der Waals surface area contributed by atoms with Gasteiger partial charge in [0.25, 0.3) is 23.6 Å². The summed E-state index contributed by atoms with van der Waals surface area (Å²) < 4.78 is 36.3. The van der Waals surface area contributed by atoms with E-state index in [0.29, 0.717) is 36.0 Å². The Labute approximate surface area is 372 Å². The fourth-order valence-electron chi connectivity index (χ4n) is 9.24. The number of carbonyl (C=O) groups is 7. The number of hydrogen-bond acceptors (Lipinski definition) is 12. The highest BCUT2D eigenvalue weighted by atomic mass is 32.2. The Balaban J connectivity index is 0.828. The predicted octanol–water partition coefficient (Wildman–Crippen LogP) is 5.85. The van der Waals surface area contributed by atoms with E-state index in [1.54, 1.807) is 49.4 Å². The molecule has 0 bridgehead atoms. The van der Waals surface area contributed by atoms with Crippen LogP contribution in [0.1, 0.15) is 137 Å². The molecule has 0 saturated carbocycles. The standard InChI is InChI=1S/C47H55N5O11S/c1-4-63-39-26-30(16-20-38(39)62-2)37(28-64(3,60)61)52-45(57)33-13-11-14-35(42(33)47(52)59)48-40(53)15-10-8-6-5-7-9-12-29-22-24-50(25-23-29)31-17-18-32-34(27-31)46(58)51(44(32)56)36-19-21-41(54)49-43(36)55/h11,13-14,16-18,20,26-27,29,36-37H,4-10,12,15,19,21-25,28H2,1-3H3,(H,48,53)(H,49,54,55). The van der Waals surface area contributed by atoms with Gasteiger partial charge in [0, 0.05) is 37.9 Å². The van der Waals surface area contributed by atoms with Gasteiger partial charge in [0.15, 0.2) is 11.5 Å². The molecule has 2 N–H and O–H groups in total. The van der Waals surface area contributed by atoms with Crippen LogP contribution >= 0.6 is 0 Å². The van der Waals surface area contributed by atoms with Gasteiger partial charge in [0.1, 0.15) is 15.9 Å². The Hall–Kier alpha value is -6.10. The first-order valence-electron chi connectivity index (χ1n) is 22.1. The van der Waals surface area contributed by atoms with Gasteiger partial charge >= 0.3 is 0 Å². The molecule has 2 atom stereocenters. The number of ether oxygens (including phenoxy) is 2. The number of nitrogens with zero attached hydrogens (tertiary/aromatic N) is 3. The van der Waals surface area contributed by atoms with Crippen LogP contribution in [0.25, 0.3) is 0 Å². The lowest BCUT2D eigenvalue weighted by molar-refractivity contribution is -0.136. The number of rotatable bonds is 19. The number of methoxy groups -OCH3 is 1. The molecule has 2 fully saturated rings. The quantitative estimate of drug-likeness (QED) is 0.107. The molecule has 7 amide bonds. The maximum absolute atomic E-state index is 14.0. The first-order chi connectivity index (χ1) is 30.7. The summed E-state index contributed by atoms with van der Waals surface area (Å²) in [6.45, 7) is 3.77.